The minimum atomic E-state index is 0. The normalized spacial score (nSPS) is 13.2. The molecule has 0 amide bonds. The van der Waals surface area contributed by atoms with E-state index in [2.05, 4.69) is 42.8 Å². The van der Waals surface area contributed by atoms with Gasteiger partial charge in [0, 0.05) is 10.5 Å². The van der Waals surface area contributed by atoms with Crippen molar-refractivity contribution in [2.45, 2.75) is 26.8 Å². The van der Waals surface area contributed by atoms with E-state index in [1.807, 2.05) is 18.2 Å². The Hall–Kier alpha value is -0.0500. The molecule has 0 aromatic heterocycles. The van der Waals surface area contributed by atoms with Crippen LogP contribution in [0.1, 0.15) is 32.4 Å². The molecule has 3 heteroatoms. The van der Waals surface area contributed by atoms with Gasteiger partial charge in [-0.2, -0.15) is 0 Å². The van der Waals surface area contributed by atoms with Gasteiger partial charge in [-0.15, -0.1) is 12.4 Å². The molecule has 1 atom stereocenters. The van der Waals surface area contributed by atoms with Gasteiger partial charge in [-0.05, 0) is 17.0 Å². The van der Waals surface area contributed by atoms with Gasteiger partial charge in [0.05, 0.1) is 0 Å². The predicted octanol–water partition coefficient (Wildman–Crippen LogP) is 3.92. The molecular formula is C11H17BrClN. The van der Waals surface area contributed by atoms with E-state index in [4.69, 9.17) is 5.73 Å². The van der Waals surface area contributed by atoms with Crippen LogP contribution in [0.3, 0.4) is 0 Å². The van der Waals surface area contributed by atoms with Crippen molar-refractivity contribution in [1.29, 1.82) is 0 Å². The van der Waals surface area contributed by atoms with Gasteiger partial charge in [-0.1, -0.05) is 54.9 Å². The van der Waals surface area contributed by atoms with E-state index < -0.39 is 0 Å². The molecule has 0 unspecified atom stereocenters. The van der Waals surface area contributed by atoms with E-state index in [1.165, 1.54) is 5.56 Å². The lowest BCUT2D eigenvalue weighted by Crippen LogP contribution is -2.26. The van der Waals surface area contributed by atoms with E-state index in [0.29, 0.717) is 0 Å². The molecule has 0 bridgehead atoms. The molecule has 0 heterocycles. The van der Waals surface area contributed by atoms with Gasteiger partial charge in [-0.3, -0.25) is 0 Å². The molecule has 0 spiro atoms. The van der Waals surface area contributed by atoms with Gasteiger partial charge in [0.2, 0.25) is 0 Å². The minimum absolute atomic E-state index is 0. The number of rotatable bonds is 1. The van der Waals surface area contributed by atoms with Crippen LogP contribution in [-0.4, -0.2) is 0 Å². The maximum absolute atomic E-state index is 6.14. The first-order valence-corrected chi connectivity index (χ1v) is 5.22. The summed E-state index contributed by atoms with van der Waals surface area (Å²) in [5.41, 5.74) is 7.42. The third-order valence-electron chi connectivity index (χ3n) is 2.17. The fraction of sp³-hybridized carbons (Fsp3) is 0.455. The summed E-state index contributed by atoms with van der Waals surface area (Å²) in [7, 11) is 0. The van der Waals surface area contributed by atoms with Crippen LogP contribution in [0.4, 0.5) is 0 Å². The van der Waals surface area contributed by atoms with E-state index in [-0.39, 0.29) is 23.9 Å². The summed E-state index contributed by atoms with van der Waals surface area (Å²) in [5, 5.41) is 0. The van der Waals surface area contributed by atoms with Crippen molar-refractivity contribution in [3.63, 3.8) is 0 Å². The third-order valence-corrected chi connectivity index (χ3v) is 2.90. The van der Waals surface area contributed by atoms with Crippen LogP contribution < -0.4 is 5.73 Å². The summed E-state index contributed by atoms with van der Waals surface area (Å²) >= 11 is 3.51. The van der Waals surface area contributed by atoms with Gasteiger partial charge in [-0.25, -0.2) is 0 Å². The quantitative estimate of drug-likeness (QED) is 0.828. The Labute approximate surface area is 101 Å². The molecule has 14 heavy (non-hydrogen) atoms. The number of nitrogens with two attached hydrogens (primary N) is 1. The highest BCUT2D eigenvalue weighted by atomic mass is 79.9. The number of benzene rings is 1. The molecule has 0 aliphatic rings. The van der Waals surface area contributed by atoms with Gasteiger partial charge >= 0.3 is 0 Å². The van der Waals surface area contributed by atoms with Crippen LogP contribution in [0.2, 0.25) is 0 Å². The first-order chi connectivity index (χ1) is 5.93. The molecule has 1 rings (SSSR count). The van der Waals surface area contributed by atoms with Crippen molar-refractivity contribution >= 4 is 28.3 Å². The summed E-state index contributed by atoms with van der Waals surface area (Å²) in [6.07, 6.45) is 0. The molecule has 1 nitrogen and oxygen atoms in total. The Kier molecular flexibility index (Phi) is 5.13. The van der Waals surface area contributed by atoms with Crippen LogP contribution in [0.15, 0.2) is 28.7 Å². The second kappa shape index (κ2) is 5.15. The monoisotopic (exact) mass is 277 g/mol. The van der Waals surface area contributed by atoms with Gasteiger partial charge < -0.3 is 5.73 Å². The highest BCUT2D eigenvalue weighted by Crippen LogP contribution is 2.33. The summed E-state index contributed by atoms with van der Waals surface area (Å²) in [6, 6.07) is 8.19. The number of hydrogen-bond acceptors (Lipinski definition) is 1. The van der Waals surface area contributed by atoms with Gasteiger partial charge in [0.1, 0.15) is 0 Å². The van der Waals surface area contributed by atoms with E-state index in [9.17, 15) is 0 Å². The first-order valence-electron chi connectivity index (χ1n) is 4.43. The Morgan fingerprint density at radius 2 is 1.71 bits per heavy atom. The van der Waals surface area contributed by atoms with E-state index in [0.717, 1.165) is 4.47 Å². The second-order valence-electron chi connectivity index (χ2n) is 4.37. The molecular weight excluding hydrogens is 261 g/mol. The number of hydrogen-bond donors (Lipinski definition) is 1. The highest BCUT2D eigenvalue weighted by molar-refractivity contribution is 9.10. The molecule has 0 fully saturated rings. The van der Waals surface area contributed by atoms with Crippen LogP contribution in [0.5, 0.6) is 0 Å². The molecule has 0 saturated heterocycles. The summed E-state index contributed by atoms with van der Waals surface area (Å²) in [6.45, 7) is 6.45. The topological polar surface area (TPSA) is 26.0 Å². The predicted molar refractivity (Wildman–Crippen MR) is 67.8 cm³/mol. The van der Waals surface area contributed by atoms with Crippen molar-refractivity contribution in [1.82, 2.24) is 0 Å². The molecule has 0 aliphatic carbocycles. The van der Waals surface area contributed by atoms with Crippen molar-refractivity contribution in [3.8, 4) is 0 Å². The standard InChI is InChI=1S/C11H16BrN.ClH/c1-11(2,3)10(13)8-6-4-5-7-9(8)12;/h4-7,10H,13H2,1-3H3;1H/t10-;/m1./s1. The Bertz CT molecular complexity index is 294. The summed E-state index contributed by atoms with van der Waals surface area (Å²) in [4.78, 5) is 0. The zero-order valence-corrected chi connectivity index (χ0v) is 11.2. The van der Waals surface area contributed by atoms with Crippen molar-refractivity contribution in [2.75, 3.05) is 0 Å². The van der Waals surface area contributed by atoms with Crippen LogP contribution in [0.25, 0.3) is 0 Å². The Balaban J connectivity index is 0.00000169. The lowest BCUT2D eigenvalue weighted by atomic mass is 9.83. The van der Waals surface area contributed by atoms with E-state index in [1.54, 1.807) is 0 Å². The largest absolute Gasteiger partial charge is 0.323 e. The zero-order chi connectivity index (χ0) is 10.1. The molecule has 0 saturated carbocycles. The SMILES string of the molecule is CC(C)(C)[C@H](N)c1ccccc1Br.Cl. The average Bonchev–Trinajstić information content (AvgIpc) is 2.02. The average molecular weight is 279 g/mol. The highest BCUT2D eigenvalue weighted by Gasteiger charge is 2.23. The minimum Gasteiger partial charge on any atom is -0.323 e. The van der Waals surface area contributed by atoms with Crippen molar-refractivity contribution < 1.29 is 0 Å². The molecule has 2 N–H and O–H groups in total. The lowest BCUT2D eigenvalue weighted by molar-refractivity contribution is 0.326. The Morgan fingerprint density at radius 3 is 2.14 bits per heavy atom. The van der Waals surface area contributed by atoms with Crippen molar-refractivity contribution in [3.05, 3.63) is 34.3 Å². The maximum atomic E-state index is 6.14. The third kappa shape index (κ3) is 3.26. The van der Waals surface area contributed by atoms with Crippen LogP contribution >= 0.6 is 28.3 Å². The first kappa shape index (κ1) is 13.9. The smallest absolute Gasteiger partial charge is 0.0355 e. The van der Waals surface area contributed by atoms with E-state index >= 15 is 0 Å². The fourth-order valence-electron chi connectivity index (χ4n) is 1.19. The van der Waals surface area contributed by atoms with Gasteiger partial charge in [0.25, 0.3) is 0 Å². The summed E-state index contributed by atoms with van der Waals surface area (Å²) < 4.78 is 1.09. The van der Waals surface area contributed by atoms with Crippen molar-refractivity contribution in [2.24, 2.45) is 11.1 Å². The van der Waals surface area contributed by atoms with Crippen LogP contribution in [0, 0.1) is 5.41 Å². The molecule has 80 valence electrons. The molecule has 0 aliphatic heterocycles. The molecule has 1 aromatic carbocycles. The van der Waals surface area contributed by atoms with Crippen LogP contribution in [-0.2, 0) is 0 Å². The zero-order valence-electron chi connectivity index (χ0n) is 8.75. The lowest BCUT2D eigenvalue weighted by Gasteiger charge is -2.28. The maximum Gasteiger partial charge on any atom is 0.0355 e. The second-order valence-corrected chi connectivity index (χ2v) is 5.22. The van der Waals surface area contributed by atoms with Gasteiger partial charge in [0.15, 0.2) is 0 Å². The molecule has 1 aromatic rings. The fourth-order valence-corrected chi connectivity index (χ4v) is 1.73. The Morgan fingerprint density at radius 1 is 1.21 bits per heavy atom. The summed E-state index contributed by atoms with van der Waals surface area (Å²) in [5.74, 6) is 0. The number of halogens is 2. The molecule has 0 radical (unpaired) electrons.